The van der Waals surface area contributed by atoms with Gasteiger partial charge in [-0.15, -0.1) is 0 Å². The first-order chi connectivity index (χ1) is 8.12. The fourth-order valence-electron chi connectivity index (χ4n) is 2.63. The summed E-state index contributed by atoms with van der Waals surface area (Å²) in [7, 11) is 0. The van der Waals surface area contributed by atoms with E-state index in [-0.39, 0.29) is 6.04 Å². The minimum absolute atomic E-state index is 0.124. The first-order valence-corrected chi connectivity index (χ1v) is 6.09. The summed E-state index contributed by atoms with van der Waals surface area (Å²) < 4.78 is 1.96. The number of imidazole rings is 1. The molecule has 2 N–H and O–H groups in total. The number of hydrogen-bond donors (Lipinski definition) is 2. The quantitative estimate of drug-likeness (QED) is 0.809. The smallest absolute Gasteiger partial charge is 0.323 e. The number of nitrogens with zero attached hydrogens (tertiary/aromatic N) is 2. The van der Waals surface area contributed by atoms with Gasteiger partial charge in [0.25, 0.3) is 0 Å². The number of carboxylic acid groups (broad SMARTS) is 1. The lowest BCUT2D eigenvalue weighted by Crippen LogP contribution is -2.54. The van der Waals surface area contributed by atoms with Crippen LogP contribution in [0.3, 0.4) is 0 Å². The van der Waals surface area contributed by atoms with E-state index >= 15 is 0 Å². The van der Waals surface area contributed by atoms with Crippen molar-refractivity contribution in [3.63, 3.8) is 0 Å². The number of carboxylic acids is 1. The van der Waals surface area contributed by atoms with Crippen molar-refractivity contribution in [2.75, 3.05) is 0 Å². The van der Waals surface area contributed by atoms with Crippen LogP contribution in [0.1, 0.15) is 32.6 Å². The van der Waals surface area contributed by atoms with Gasteiger partial charge in [-0.3, -0.25) is 10.1 Å². The minimum atomic E-state index is -0.715. The molecule has 0 radical (unpaired) electrons. The van der Waals surface area contributed by atoms with Gasteiger partial charge in [-0.05, 0) is 19.8 Å². The minimum Gasteiger partial charge on any atom is -0.480 e. The van der Waals surface area contributed by atoms with E-state index in [1.165, 1.54) is 0 Å². The van der Waals surface area contributed by atoms with Crippen LogP contribution >= 0.6 is 0 Å². The number of aliphatic carboxylic acids is 1. The Morgan fingerprint density at radius 2 is 2.29 bits per heavy atom. The summed E-state index contributed by atoms with van der Waals surface area (Å²) in [6.45, 7) is 2.76. The Morgan fingerprint density at radius 1 is 1.59 bits per heavy atom. The lowest BCUT2D eigenvalue weighted by atomic mass is 9.96. The van der Waals surface area contributed by atoms with Crippen molar-refractivity contribution in [2.45, 2.75) is 50.7 Å². The van der Waals surface area contributed by atoms with Crippen LogP contribution in [-0.2, 0) is 11.3 Å². The van der Waals surface area contributed by atoms with E-state index in [0.717, 1.165) is 32.2 Å². The Kier molecular flexibility index (Phi) is 3.47. The maximum atomic E-state index is 11.4. The van der Waals surface area contributed by atoms with Crippen molar-refractivity contribution in [3.05, 3.63) is 18.7 Å². The zero-order valence-corrected chi connectivity index (χ0v) is 10.1. The molecule has 5 nitrogen and oxygen atoms in total. The predicted molar refractivity (Wildman–Crippen MR) is 63.7 cm³/mol. The molecule has 0 aromatic carbocycles. The fraction of sp³-hybridized carbons (Fsp3) is 0.667. The van der Waals surface area contributed by atoms with Gasteiger partial charge in [0.1, 0.15) is 5.54 Å². The molecule has 1 unspecified atom stereocenters. The van der Waals surface area contributed by atoms with Gasteiger partial charge < -0.3 is 9.67 Å². The molecule has 0 aliphatic heterocycles. The number of hydrogen-bond acceptors (Lipinski definition) is 3. The van der Waals surface area contributed by atoms with Gasteiger partial charge >= 0.3 is 5.97 Å². The zero-order valence-electron chi connectivity index (χ0n) is 10.1. The maximum Gasteiger partial charge on any atom is 0.323 e. The summed E-state index contributed by atoms with van der Waals surface area (Å²) in [5, 5.41) is 12.6. The van der Waals surface area contributed by atoms with Gasteiger partial charge in [-0.2, -0.15) is 0 Å². The SMILES string of the molecule is CC(Cn1ccnc1)NC1(C(=O)O)CCCC1. The zero-order chi connectivity index (χ0) is 12.3. The summed E-state index contributed by atoms with van der Waals surface area (Å²) in [6, 6.07) is 0.124. The molecule has 0 amide bonds. The van der Waals surface area contributed by atoms with Gasteiger partial charge in [0, 0.05) is 25.0 Å². The summed E-state index contributed by atoms with van der Waals surface area (Å²) >= 11 is 0. The summed E-state index contributed by atoms with van der Waals surface area (Å²) in [5.74, 6) is -0.715. The standard InChI is InChI=1S/C12H19N3O2/c1-10(8-15-7-6-13-9-15)14-12(11(16)17)4-2-3-5-12/h6-7,9-10,14H,2-5,8H2,1H3,(H,16,17). The van der Waals surface area contributed by atoms with Gasteiger partial charge in [0.15, 0.2) is 0 Å². The van der Waals surface area contributed by atoms with Crippen molar-refractivity contribution in [1.82, 2.24) is 14.9 Å². The summed E-state index contributed by atoms with van der Waals surface area (Å²) in [6.07, 6.45) is 8.83. The Morgan fingerprint density at radius 3 is 2.82 bits per heavy atom. The molecule has 1 heterocycles. The van der Waals surface area contributed by atoms with Crippen LogP contribution in [-0.4, -0.2) is 32.2 Å². The van der Waals surface area contributed by atoms with E-state index in [9.17, 15) is 9.90 Å². The maximum absolute atomic E-state index is 11.4. The van der Waals surface area contributed by atoms with Crippen molar-refractivity contribution in [3.8, 4) is 0 Å². The molecule has 1 aromatic rings. The Labute approximate surface area is 101 Å². The summed E-state index contributed by atoms with van der Waals surface area (Å²) in [5.41, 5.74) is -0.708. The third-order valence-corrected chi connectivity index (χ3v) is 3.43. The molecule has 1 aliphatic carbocycles. The highest BCUT2D eigenvalue weighted by molar-refractivity contribution is 5.79. The van der Waals surface area contributed by atoms with Crippen LogP contribution in [0.4, 0.5) is 0 Å². The van der Waals surface area contributed by atoms with Crippen molar-refractivity contribution >= 4 is 5.97 Å². The van der Waals surface area contributed by atoms with E-state index < -0.39 is 11.5 Å². The lowest BCUT2D eigenvalue weighted by Gasteiger charge is -2.29. The number of rotatable bonds is 5. The van der Waals surface area contributed by atoms with Crippen LogP contribution in [0, 0.1) is 0 Å². The molecule has 1 fully saturated rings. The molecule has 1 aliphatic rings. The first kappa shape index (κ1) is 12.1. The second-order valence-corrected chi connectivity index (χ2v) is 4.90. The van der Waals surface area contributed by atoms with E-state index in [2.05, 4.69) is 10.3 Å². The van der Waals surface area contributed by atoms with Crippen LogP contribution < -0.4 is 5.32 Å². The third kappa shape index (κ3) is 2.66. The molecule has 5 heteroatoms. The van der Waals surface area contributed by atoms with Crippen LogP contribution in [0.25, 0.3) is 0 Å². The Balaban J connectivity index is 1.96. The third-order valence-electron chi connectivity index (χ3n) is 3.43. The molecule has 17 heavy (non-hydrogen) atoms. The number of nitrogens with one attached hydrogen (secondary N) is 1. The second kappa shape index (κ2) is 4.87. The molecule has 1 saturated carbocycles. The normalized spacial score (nSPS) is 20.3. The highest BCUT2D eigenvalue weighted by atomic mass is 16.4. The monoisotopic (exact) mass is 237 g/mol. The van der Waals surface area contributed by atoms with E-state index in [1.807, 2.05) is 17.7 Å². The van der Waals surface area contributed by atoms with E-state index in [1.54, 1.807) is 12.5 Å². The van der Waals surface area contributed by atoms with Crippen LogP contribution in [0.15, 0.2) is 18.7 Å². The molecule has 2 rings (SSSR count). The fourth-order valence-corrected chi connectivity index (χ4v) is 2.63. The molecule has 1 atom stereocenters. The summed E-state index contributed by atoms with van der Waals surface area (Å²) in [4.78, 5) is 15.4. The predicted octanol–water partition coefficient (Wildman–Crippen LogP) is 1.26. The van der Waals surface area contributed by atoms with Crippen molar-refractivity contribution in [1.29, 1.82) is 0 Å². The second-order valence-electron chi connectivity index (χ2n) is 4.90. The highest BCUT2D eigenvalue weighted by Crippen LogP contribution is 2.30. The van der Waals surface area contributed by atoms with Gasteiger partial charge in [-0.1, -0.05) is 12.8 Å². The molecular weight excluding hydrogens is 218 g/mol. The number of aromatic nitrogens is 2. The van der Waals surface area contributed by atoms with Crippen molar-refractivity contribution < 1.29 is 9.90 Å². The van der Waals surface area contributed by atoms with Gasteiger partial charge in [-0.25, -0.2) is 4.98 Å². The van der Waals surface area contributed by atoms with Gasteiger partial charge in [0.2, 0.25) is 0 Å². The van der Waals surface area contributed by atoms with Crippen LogP contribution in [0.5, 0.6) is 0 Å². The average Bonchev–Trinajstić information content (AvgIpc) is 2.89. The van der Waals surface area contributed by atoms with Crippen LogP contribution in [0.2, 0.25) is 0 Å². The highest BCUT2D eigenvalue weighted by Gasteiger charge is 2.41. The molecule has 94 valence electrons. The molecule has 0 bridgehead atoms. The Hall–Kier alpha value is -1.36. The van der Waals surface area contributed by atoms with Crippen molar-refractivity contribution in [2.24, 2.45) is 0 Å². The number of carbonyl (C=O) groups is 1. The first-order valence-electron chi connectivity index (χ1n) is 6.09. The molecule has 0 saturated heterocycles. The Bertz CT molecular complexity index is 369. The molecule has 0 spiro atoms. The van der Waals surface area contributed by atoms with E-state index in [4.69, 9.17) is 0 Å². The van der Waals surface area contributed by atoms with Gasteiger partial charge in [0.05, 0.1) is 6.33 Å². The topological polar surface area (TPSA) is 67.2 Å². The van der Waals surface area contributed by atoms with E-state index in [0.29, 0.717) is 0 Å². The average molecular weight is 237 g/mol. The lowest BCUT2D eigenvalue weighted by molar-refractivity contribution is -0.145. The molecular formula is C12H19N3O2. The molecule has 1 aromatic heterocycles. The largest absolute Gasteiger partial charge is 0.480 e.